The molecule has 0 aliphatic carbocycles. The summed E-state index contributed by atoms with van der Waals surface area (Å²) in [6.45, 7) is 4.20. The molecule has 0 aromatic heterocycles. The number of unbranched alkanes of at least 4 members (excludes halogenated alkanes) is 3. The first-order valence-electron chi connectivity index (χ1n) is 14.1. The first kappa shape index (κ1) is 35.6. The van der Waals surface area contributed by atoms with Crippen LogP contribution in [0.4, 0.5) is 0 Å². The van der Waals surface area contributed by atoms with Crippen molar-refractivity contribution in [1.29, 1.82) is 0 Å². The van der Waals surface area contributed by atoms with E-state index >= 15 is 0 Å². The van der Waals surface area contributed by atoms with Crippen molar-refractivity contribution in [1.82, 2.24) is 10.6 Å². The van der Waals surface area contributed by atoms with E-state index in [1.54, 1.807) is 21.3 Å². The minimum atomic E-state index is 0. The van der Waals surface area contributed by atoms with Gasteiger partial charge in [-0.25, -0.2) is 0 Å². The maximum Gasteiger partial charge on any atom is 0.163 e. The smallest absolute Gasteiger partial charge is 0.163 e. The average molecular weight is 592 g/mol. The van der Waals surface area contributed by atoms with Gasteiger partial charge in [0.2, 0.25) is 0 Å². The van der Waals surface area contributed by atoms with Crippen LogP contribution >= 0.6 is 24.8 Å². The Kier molecular flexibility index (Phi) is 19.0. The second-order valence-electron chi connectivity index (χ2n) is 9.74. The van der Waals surface area contributed by atoms with Crippen molar-refractivity contribution in [2.24, 2.45) is 0 Å². The minimum absolute atomic E-state index is 0. The number of ether oxygens (including phenoxy) is 3. The third-order valence-corrected chi connectivity index (χ3v) is 6.91. The summed E-state index contributed by atoms with van der Waals surface area (Å²) in [6.07, 6.45) is 8.91. The highest BCUT2D eigenvalue weighted by Crippen LogP contribution is 2.34. The monoisotopic (exact) mass is 590 g/mol. The predicted molar refractivity (Wildman–Crippen MR) is 173 cm³/mol. The summed E-state index contributed by atoms with van der Waals surface area (Å²) in [7, 11) is 5.14. The fourth-order valence-electron chi connectivity index (χ4n) is 4.76. The number of aryl methyl sites for hydroxylation is 2. The van der Waals surface area contributed by atoms with E-state index in [1.807, 2.05) is 12.1 Å². The molecule has 0 saturated heterocycles. The molecular formula is C33H48Cl2N2O3. The van der Waals surface area contributed by atoms with E-state index in [4.69, 9.17) is 14.2 Å². The Balaban J connectivity index is 0.00000400. The lowest BCUT2D eigenvalue weighted by Crippen LogP contribution is -2.19. The van der Waals surface area contributed by atoms with Crippen LogP contribution in [0, 0.1) is 0 Å². The van der Waals surface area contributed by atoms with Crippen LogP contribution in [0.3, 0.4) is 0 Å². The molecule has 0 radical (unpaired) electrons. The van der Waals surface area contributed by atoms with Crippen molar-refractivity contribution in [3.8, 4) is 17.2 Å². The third kappa shape index (κ3) is 12.8. The molecule has 0 unspecified atom stereocenters. The standard InChI is InChI=1S/C33H46N2O3.2ClH/c1-36-31-15-11-14-28(25-31)16-17-30-24-29(26-32(37-2)33(30)38-3)19-23-35-21-10-5-4-9-20-34-22-18-27-12-7-6-8-13-27;;/h6-8,11-15,24-26,34-35H,4-5,9-10,16-23H2,1-3H3;2*1H. The molecule has 7 heteroatoms. The molecule has 222 valence electrons. The number of rotatable bonds is 19. The molecule has 5 nitrogen and oxygen atoms in total. The van der Waals surface area contributed by atoms with E-state index in [-0.39, 0.29) is 24.8 Å². The van der Waals surface area contributed by atoms with Crippen molar-refractivity contribution < 1.29 is 14.2 Å². The van der Waals surface area contributed by atoms with Gasteiger partial charge in [0.1, 0.15) is 5.75 Å². The van der Waals surface area contributed by atoms with Gasteiger partial charge in [0.05, 0.1) is 21.3 Å². The molecule has 40 heavy (non-hydrogen) atoms. The normalized spacial score (nSPS) is 10.4. The van der Waals surface area contributed by atoms with Gasteiger partial charge in [-0.1, -0.05) is 61.4 Å². The highest BCUT2D eigenvalue weighted by molar-refractivity contribution is 5.85. The van der Waals surface area contributed by atoms with E-state index in [1.165, 1.54) is 47.9 Å². The zero-order chi connectivity index (χ0) is 26.8. The molecule has 0 bridgehead atoms. The maximum atomic E-state index is 5.72. The van der Waals surface area contributed by atoms with E-state index in [2.05, 4.69) is 65.2 Å². The molecule has 2 N–H and O–H groups in total. The fraction of sp³-hybridized carbons (Fsp3) is 0.455. The molecular weight excluding hydrogens is 543 g/mol. The first-order valence-corrected chi connectivity index (χ1v) is 14.1. The Morgan fingerprint density at radius 1 is 0.525 bits per heavy atom. The summed E-state index contributed by atoms with van der Waals surface area (Å²) in [5.41, 5.74) is 5.11. The number of hydrogen-bond acceptors (Lipinski definition) is 5. The summed E-state index contributed by atoms with van der Waals surface area (Å²) in [5.74, 6) is 2.53. The van der Waals surface area contributed by atoms with Crippen molar-refractivity contribution in [2.75, 3.05) is 47.5 Å². The number of nitrogens with one attached hydrogen (secondary N) is 2. The van der Waals surface area contributed by atoms with Gasteiger partial charge >= 0.3 is 0 Å². The van der Waals surface area contributed by atoms with Gasteiger partial charge in [0.15, 0.2) is 11.5 Å². The van der Waals surface area contributed by atoms with Crippen molar-refractivity contribution in [2.45, 2.75) is 51.4 Å². The van der Waals surface area contributed by atoms with Gasteiger partial charge in [-0.15, -0.1) is 24.8 Å². The van der Waals surface area contributed by atoms with Gasteiger partial charge < -0.3 is 24.8 Å². The minimum Gasteiger partial charge on any atom is -0.497 e. The van der Waals surface area contributed by atoms with Crippen LogP contribution in [-0.4, -0.2) is 47.5 Å². The predicted octanol–water partition coefficient (Wildman–Crippen LogP) is 6.87. The summed E-state index contributed by atoms with van der Waals surface area (Å²) >= 11 is 0. The summed E-state index contributed by atoms with van der Waals surface area (Å²) in [4.78, 5) is 0. The largest absolute Gasteiger partial charge is 0.497 e. The Labute approximate surface area is 254 Å². The number of methoxy groups -OCH3 is 3. The number of halogens is 2. The zero-order valence-electron chi connectivity index (χ0n) is 24.4. The lowest BCUT2D eigenvalue weighted by Gasteiger charge is -2.16. The molecule has 0 amide bonds. The zero-order valence-corrected chi connectivity index (χ0v) is 26.0. The molecule has 0 fully saturated rings. The maximum absolute atomic E-state index is 5.72. The third-order valence-electron chi connectivity index (χ3n) is 6.91. The number of benzene rings is 3. The van der Waals surface area contributed by atoms with Gasteiger partial charge in [-0.3, -0.25) is 0 Å². The molecule has 0 spiro atoms. The van der Waals surface area contributed by atoms with Gasteiger partial charge in [0.25, 0.3) is 0 Å². The summed E-state index contributed by atoms with van der Waals surface area (Å²) in [5, 5.41) is 7.19. The van der Waals surface area contributed by atoms with Crippen LogP contribution in [0.2, 0.25) is 0 Å². The Bertz CT molecular complexity index is 1070. The van der Waals surface area contributed by atoms with Crippen LogP contribution in [0.25, 0.3) is 0 Å². The van der Waals surface area contributed by atoms with Crippen LogP contribution in [-0.2, 0) is 25.7 Å². The molecule has 3 aromatic carbocycles. The topological polar surface area (TPSA) is 51.8 Å². The molecule has 0 aliphatic rings. The number of hydrogen-bond donors (Lipinski definition) is 2. The molecule has 3 rings (SSSR count). The van der Waals surface area contributed by atoms with E-state index in [0.717, 1.165) is 69.1 Å². The molecule has 0 atom stereocenters. The highest BCUT2D eigenvalue weighted by atomic mass is 35.5. The quantitative estimate of drug-likeness (QED) is 0.149. The average Bonchev–Trinajstić information content (AvgIpc) is 2.96. The Morgan fingerprint density at radius 2 is 1.18 bits per heavy atom. The fourth-order valence-corrected chi connectivity index (χ4v) is 4.76. The Hall–Kier alpha value is -2.44. The molecule has 0 saturated carbocycles. The second kappa shape index (κ2) is 21.3. The second-order valence-corrected chi connectivity index (χ2v) is 9.74. The van der Waals surface area contributed by atoms with Gasteiger partial charge in [-0.2, -0.15) is 0 Å². The molecule has 3 aromatic rings. The van der Waals surface area contributed by atoms with Gasteiger partial charge in [0, 0.05) is 0 Å². The first-order chi connectivity index (χ1) is 18.7. The lowest BCUT2D eigenvalue weighted by molar-refractivity contribution is 0.351. The molecule has 0 aliphatic heterocycles. The van der Waals surface area contributed by atoms with E-state index < -0.39 is 0 Å². The van der Waals surface area contributed by atoms with Crippen LogP contribution < -0.4 is 24.8 Å². The molecule has 0 heterocycles. The SMILES string of the molecule is COc1cccc(CCc2cc(CCNCCCCCCNCCc3ccccc3)cc(OC)c2OC)c1.Cl.Cl. The lowest BCUT2D eigenvalue weighted by atomic mass is 9.99. The van der Waals surface area contributed by atoms with Crippen molar-refractivity contribution in [3.63, 3.8) is 0 Å². The van der Waals surface area contributed by atoms with Crippen LogP contribution in [0.15, 0.2) is 66.7 Å². The Morgan fingerprint density at radius 3 is 1.80 bits per heavy atom. The van der Waals surface area contributed by atoms with Crippen molar-refractivity contribution in [3.05, 3.63) is 89.0 Å². The van der Waals surface area contributed by atoms with Crippen LogP contribution in [0.5, 0.6) is 17.2 Å². The van der Waals surface area contributed by atoms with Crippen molar-refractivity contribution >= 4 is 24.8 Å². The van der Waals surface area contributed by atoms with E-state index in [0.29, 0.717) is 0 Å². The van der Waals surface area contributed by atoms with E-state index in [9.17, 15) is 0 Å². The summed E-state index contributed by atoms with van der Waals surface area (Å²) < 4.78 is 16.8. The van der Waals surface area contributed by atoms with Crippen LogP contribution in [0.1, 0.15) is 47.9 Å². The van der Waals surface area contributed by atoms with Gasteiger partial charge in [-0.05, 0) is 105 Å². The summed E-state index contributed by atoms with van der Waals surface area (Å²) in [6, 6.07) is 23.3. The highest BCUT2D eigenvalue weighted by Gasteiger charge is 2.13.